The van der Waals surface area contributed by atoms with E-state index in [-0.39, 0.29) is 5.92 Å². The molecule has 0 amide bonds. The van der Waals surface area contributed by atoms with Gasteiger partial charge in [0.2, 0.25) is 0 Å². The van der Waals surface area contributed by atoms with Gasteiger partial charge in [0.05, 0.1) is 28.2 Å². The summed E-state index contributed by atoms with van der Waals surface area (Å²) in [5.41, 5.74) is 1.10. The first-order valence-corrected chi connectivity index (χ1v) is 8.08. The maximum absolute atomic E-state index is 9.05. The first kappa shape index (κ1) is 13.5. The zero-order valence-electron chi connectivity index (χ0n) is 11.7. The zero-order valence-corrected chi connectivity index (χ0v) is 12.6. The number of benzene rings is 1. The Labute approximate surface area is 123 Å². The van der Waals surface area contributed by atoms with Crippen LogP contribution in [-0.2, 0) is 0 Å². The molecule has 4 heteroatoms. The Morgan fingerprint density at radius 3 is 3.10 bits per heavy atom. The standard InChI is InChI=1S/C16H19N3S/c1-12(10-17)11-19-9-5-4-7-14(19)16-18-13-6-2-3-8-15(13)20-16/h2-3,6,8,12,14H,4-5,7,9,11H2,1H3/t12-,14-/m1/s1. The summed E-state index contributed by atoms with van der Waals surface area (Å²) in [4.78, 5) is 7.27. The highest BCUT2D eigenvalue weighted by Gasteiger charge is 2.27. The van der Waals surface area contributed by atoms with Gasteiger partial charge in [-0.2, -0.15) is 5.26 Å². The predicted octanol–water partition coefficient (Wildman–Crippen LogP) is 3.98. The van der Waals surface area contributed by atoms with Gasteiger partial charge in [-0.3, -0.25) is 4.90 Å². The molecule has 1 aliphatic rings. The Bertz CT molecular complexity index is 595. The number of thiazole rings is 1. The minimum Gasteiger partial charge on any atom is -0.293 e. The summed E-state index contributed by atoms with van der Waals surface area (Å²) in [6, 6.07) is 11.1. The van der Waals surface area contributed by atoms with E-state index in [1.807, 2.05) is 13.0 Å². The van der Waals surface area contributed by atoms with Crippen molar-refractivity contribution in [3.8, 4) is 6.07 Å². The Balaban J connectivity index is 1.87. The number of piperidine rings is 1. The molecule has 1 aromatic heterocycles. The topological polar surface area (TPSA) is 39.9 Å². The molecule has 0 radical (unpaired) electrons. The predicted molar refractivity (Wildman–Crippen MR) is 82.6 cm³/mol. The van der Waals surface area contributed by atoms with Crippen molar-refractivity contribution in [3.63, 3.8) is 0 Å². The highest BCUT2D eigenvalue weighted by atomic mass is 32.1. The Morgan fingerprint density at radius 1 is 1.45 bits per heavy atom. The summed E-state index contributed by atoms with van der Waals surface area (Å²) in [5, 5.41) is 10.3. The molecule has 1 fully saturated rings. The molecule has 0 spiro atoms. The maximum Gasteiger partial charge on any atom is 0.111 e. The van der Waals surface area contributed by atoms with Gasteiger partial charge in [-0.15, -0.1) is 11.3 Å². The summed E-state index contributed by atoms with van der Waals surface area (Å²) < 4.78 is 1.27. The fourth-order valence-corrected chi connectivity index (χ4v) is 4.05. The van der Waals surface area contributed by atoms with E-state index < -0.39 is 0 Å². The van der Waals surface area contributed by atoms with E-state index >= 15 is 0 Å². The van der Waals surface area contributed by atoms with Crippen molar-refractivity contribution >= 4 is 21.6 Å². The van der Waals surface area contributed by atoms with Crippen LogP contribution in [0.5, 0.6) is 0 Å². The number of hydrogen-bond donors (Lipinski definition) is 0. The van der Waals surface area contributed by atoms with Gasteiger partial charge in [0.25, 0.3) is 0 Å². The van der Waals surface area contributed by atoms with Crippen molar-refractivity contribution in [2.75, 3.05) is 13.1 Å². The van der Waals surface area contributed by atoms with Gasteiger partial charge < -0.3 is 0 Å². The highest BCUT2D eigenvalue weighted by Crippen LogP contribution is 2.35. The molecular formula is C16H19N3S. The molecule has 3 nitrogen and oxygen atoms in total. The second-order valence-electron chi connectivity index (χ2n) is 5.56. The molecule has 2 heterocycles. The molecule has 1 saturated heterocycles. The van der Waals surface area contributed by atoms with Crippen molar-refractivity contribution in [2.45, 2.75) is 32.2 Å². The van der Waals surface area contributed by atoms with E-state index in [0.29, 0.717) is 6.04 Å². The van der Waals surface area contributed by atoms with Crippen LogP contribution in [0.25, 0.3) is 10.2 Å². The number of rotatable bonds is 3. The average Bonchev–Trinajstić information content (AvgIpc) is 2.91. The van der Waals surface area contributed by atoms with Crippen LogP contribution in [-0.4, -0.2) is 23.0 Å². The van der Waals surface area contributed by atoms with Crippen LogP contribution in [0, 0.1) is 17.2 Å². The van der Waals surface area contributed by atoms with E-state index in [1.54, 1.807) is 11.3 Å². The van der Waals surface area contributed by atoms with Crippen LogP contribution in [0.1, 0.15) is 37.2 Å². The first-order chi connectivity index (χ1) is 9.78. The van der Waals surface area contributed by atoms with Crippen molar-refractivity contribution in [3.05, 3.63) is 29.3 Å². The molecule has 0 N–H and O–H groups in total. The van der Waals surface area contributed by atoms with Crippen molar-refractivity contribution in [1.82, 2.24) is 9.88 Å². The number of likely N-dealkylation sites (tertiary alicyclic amines) is 1. The number of hydrogen-bond acceptors (Lipinski definition) is 4. The number of nitriles is 1. The van der Waals surface area contributed by atoms with Crippen molar-refractivity contribution in [2.24, 2.45) is 5.92 Å². The zero-order chi connectivity index (χ0) is 13.9. The normalized spacial score (nSPS) is 21.7. The van der Waals surface area contributed by atoms with Gasteiger partial charge in [0.1, 0.15) is 5.01 Å². The monoisotopic (exact) mass is 285 g/mol. The van der Waals surface area contributed by atoms with Gasteiger partial charge in [0, 0.05) is 6.54 Å². The first-order valence-electron chi connectivity index (χ1n) is 7.27. The lowest BCUT2D eigenvalue weighted by Crippen LogP contribution is -2.36. The summed E-state index contributed by atoms with van der Waals surface area (Å²) >= 11 is 1.81. The minimum absolute atomic E-state index is 0.0879. The molecule has 2 aromatic rings. The van der Waals surface area contributed by atoms with Crippen LogP contribution < -0.4 is 0 Å². The van der Waals surface area contributed by atoms with Gasteiger partial charge in [-0.25, -0.2) is 4.98 Å². The van der Waals surface area contributed by atoms with Crippen LogP contribution in [0.4, 0.5) is 0 Å². The van der Waals surface area contributed by atoms with Crippen molar-refractivity contribution < 1.29 is 0 Å². The van der Waals surface area contributed by atoms with E-state index in [9.17, 15) is 0 Å². The lowest BCUT2D eigenvalue weighted by Gasteiger charge is -2.35. The summed E-state index contributed by atoms with van der Waals surface area (Å²) in [6.07, 6.45) is 3.66. The molecule has 3 rings (SSSR count). The molecule has 20 heavy (non-hydrogen) atoms. The molecule has 104 valence electrons. The quantitative estimate of drug-likeness (QED) is 0.856. The van der Waals surface area contributed by atoms with Gasteiger partial charge in [-0.1, -0.05) is 18.6 Å². The van der Waals surface area contributed by atoms with E-state index in [0.717, 1.165) is 25.0 Å². The Kier molecular flexibility index (Phi) is 4.00. The summed E-state index contributed by atoms with van der Waals surface area (Å²) in [6.45, 7) is 3.95. The number of nitrogens with zero attached hydrogens (tertiary/aromatic N) is 3. The third-order valence-corrected chi connectivity index (χ3v) is 5.08. The Hall–Kier alpha value is -1.44. The molecule has 0 aliphatic carbocycles. The van der Waals surface area contributed by atoms with Gasteiger partial charge in [-0.05, 0) is 38.4 Å². The summed E-state index contributed by atoms with van der Waals surface area (Å²) in [7, 11) is 0. The smallest absolute Gasteiger partial charge is 0.111 e. The largest absolute Gasteiger partial charge is 0.293 e. The van der Waals surface area contributed by atoms with Gasteiger partial charge >= 0.3 is 0 Å². The van der Waals surface area contributed by atoms with Crippen molar-refractivity contribution in [1.29, 1.82) is 5.26 Å². The fourth-order valence-electron chi connectivity index (χ4n) is 2.91. The third-order valence-electron chi connectivity index (χ3n) is 3.94. The highest BCUT2D eigenvalue weighted by molar-refractivity contribution is 7.18. The van der Waals surface area contributed by atoms with Crippen LogP contribution in [0.15, 0.2) is 24.3 Å². The maximum atomic E-state index is 9.05. The molecule has 1 aliphatic heterocycles. The fraction of sp³-hybridized carbons (Fsp3) is 0.500. The lowest BCUT2D eigenvalue weighted by atomic mass is 10.0. The minimum atomic E-state index is 0.0879. The van der Waals surface area contributed by atoms with E-state index in [1.165, 1.54) is 22.5 Å². The molecule has 0 bridgehead atoms. The number of para-hydroxylation sites is 1. The SMILES string of the molecule is C[C@H](C#N)CN1CCCC[C@@H]1c1nc2ccccc2s1. The molecular weight excluding hydrogens is 266 g/mol. The molecule has 0 saturated carbocycles. The van der Waals surface area contributed by atoms with Crippen LogP contribution >= 0.6 is 11.3 Å². The molecule has 1 aromatic carbocycles. The van der Waals surface area contributed by atoms with Crippen LogP contribution in [0.2, 0.25) is 0 Å². The Morgan fingerprint density at radius 2 is 2.30 bits per heavy atom. The average molecular weight is 285 g/mol. The second-order valence-corrected chi connectivity index (χ2v) is 6.62. The van der Waals surface area contributed by atoms with Crippen LogP contribution in [0.3, 0.4) is 0 Å². The number of fused-ring (bicyclic) bond motifs is 1. The second kappa shape index (κ2) is 5.90. The molecule has 0 unspecified atom stereocenters. The van der Waals surface area contributed by atoms with E-state index in [4.69, 9.17) is 10.2 Å². The van der Waals surface area contributed by atoms with E-state index in [2.05, 4.69) is 29.2 Å². The van der Waals surface area contributed by atoms with Gasteiger partial charge in [0.15, 0.2) is 0 Å². The lowest BCUT2D eigenvalue weighted by molar-refractivity contribution is 0.138. The number of aromatic nitrogens is 1. The molecule has 2 atom stereocenters. The summed E-state index contributed by atoms with van der Waals surface area (Å²) in [5.74, 6) is 0.0879. The third kappa shape index (κ3) is 2.70.